The van der Waals surface area contributed by atoms with Crippen molar-refractivity contribution in [3.8, 4) is 5.69 Å². The molecule has 8 nitrogen and oxygen atoms in total. The van der Waals surface area contributed by atoms with Crippen molar-refractivity contribution >= 4 is 17.7 Å². The van der Waals surface area contributed by atoms with Gasteiger partial charge in [-0.1, -0.05) is 54.6 Å². The molecule has 38 heavy (non-hydrogen) atoms. The van der Waals surface area contributed by atoms with Crippen LogP contribution in [-0.2, 0) is 6.54 Å². The van der Waals surface area contributed by atoms with Gasteiger partial charge in [0.25, 0.3) is 5.91 Å². The average molecular weight is 510 g/mol. The fourth-order valence-corrected chi connectivity index (χ4v) is 4.51. The molecule has 1 heterocycles. The van der Waals surface area contributed by atoms with Crippen molar-refractivity contribution in [1.29, 1.82) is 0 Å². The first kappa shape index (κ1) is 25.2. The highest BCUT2D eigenvalue weighted by molar-refractivity contribution is 6.03. The van der Waals surface area contributed by atoms with Crippen molar-refractivity contribution in [3.63, 3.8) is 0 Å². The van der Waals surface area contributed by atoms with Gasteiger partial charge < -0.3 is 21.1 Å². The van der Waals surface area contributed by atoms with Crippen LogP contribution < -0.4 is 16.0 Å². The quantitative estimate of drug-likeness (QED) is 0.232. The van der Waals surface area contributed by atoms with Crippen LogP contribution in [-0.4, -0.2) is 33.4 Å². The number of carbonyl (C=O) groups is 2. The molecule has 194 valence electrons. The molecule has 1 unspecified atom stereocenters. The molecule has 2 amide bonds. The highest BCUT2D eigenvalue weighted by Gasteiger charge is 2.24. The number of hydrogen-bond acceptors (Lipinski definition) is 4. The molecule has 4 N–H and O–H groups in total. The second-order valence-corrected chi connectivity index (χ2v) is 9.69. The second kappa shape index (κ2) is 11.3. The van der Waals surface area contributed by atoms with E-state index in [0.717, 1.165) is 23.6 Å². The van der Waals surface area contributed by atoms with Gasteiger partial charge in [-0.05, 0) is 79.3 Å². The fourth-order valence-electron chi connectivity index (χ4n) is 4.51. The molecule has 5 rings (SSSR count). The molecule has 4 aromatic rings. The van der Waals surface area contributed by atoms with Gasteiger partial charge in [0.2, 0.25) is 0 Å². The van der Waals surface area contributed by atoms with Gasteiger partial charge in [-0.2, -0.15) is 5.10 Å². The van der Waals surface area contributed by atoms with E-state index in [1.54, 1.807) is 10.7 Å². The van der Waals surface area contributed by atoms with Crippen molar-refractivity contribution in [2.24, 2.45) is 5.92 Å². The first-order valence-corrected chi connectivity index (χ1v) is 12.8. The normalized spacial score (nSPS) is 13.6. The molecular weight excluding hydrogens is 478 g/mol. The maximum atomic E-state index is 13.4. The molecule has 1 saturated carbocycles. The topological polar surface area (TPSA) is 108 Å². The monoisotopic (exact) mass is 509 g/mol. The molecule has 1 fully saturated rings. The number of benzene rings is 3. The largest absolute Gasteiger partial charge is 0.465 e. The minimum absolute atomic E-state index is 0.0311. The van der Waals surface area contributed by atoms with Crippen LogP contribution in [0, 0.1) is 12.8 Å². The number of nitrogens with one attached hydrogen (secondary N) is 3. The summed E-state index contributed by atoms with van der Waals surface area (Å²) in [5.74, 6) is 0.463. The summed E-state index contributed by atoms with van der Waals surface area (Å²) in [6.45, 7) is 2.96. The highest BCUT2D eigenvalue weighted by atomic mass is 16.4. The molecule has 1 aliphatic carbocycles. The van der Waals surface area contributed by atoms with Crippen LogP contribution in [0.25, 0.3) is 5.69 Å². The molecule has 1 aliphatic rings. The first-order valence-electron chi connectivity index (χ1n) is 12.8. The summed E-state index contributed by atoms with van der Waals surface area (Å²) in [6.07, 6.45) is 1.46. The van der Waals surface area contributed by atoms with Crippen molar-refractivity contribution in [3.05, 3.63) is 113 Å². The minimum atomic E-state index is -1.09. The van der Waals surface area contributed by atoms with Crippen LogP contribution >= 0.6 is 0 Å². The second-order valence-electron chi connectivity index (χ2n) is 9.69. The van der Waals surface area contributed by atoms with Crippen LogP contribution in [0.2, 0.25) is 0 Å². The molecular formula is C30H31N5O3. The predicted molar refractivity (Wildman–Crippen MR) is 147 cm³/mol. The Hall–Kier alpha value is -4.43. The number of aryl methyl sites for hydroxylation is 1. The highest BCUT2D eigenvalue weighted by Crippen LogP contribution is 2.31. The van der Waals surface area contributed by atoms with E-state index in [4.69, 9.17) is 5.11 Å². The Kier molecular flexibility index (Phi) is 7.51. The summed E-state index contributed by atoms with van der Waals surface area (Å²) in [5.41, 5.74) is 5.50. The number of nitrogens with zero attached hydrogens (tertiary/aromatic N) is 2. The molecule has 8 heteroatoms. The fraction of sp³-hybridized carbons (Fsp3) is 0.233. The Morgan fingerprint density at radius 3 is 2.50 bits per heavy atom. The molecule has 0 spiro atoms. The van der Waals surface area contributed by atoms with Crippen molar-refractivity contribution in [2.75, 3.05) is 11.9 Å². The van der Waals surface area contributed by atoms with Crippen LogP contribution in [0.5, 0.6) is 0 Å². The molecule has 1 aromatic heterocycles. The van der Waals surface area contributed by atoms with Gasteiger partial charge in [0.05, 0.1) is 17.4 Å². The summed E-state index contributed by atoms with van der Waals surface area (Å²) in [5, 5.41) is 22.6. The standard InChI is InChI=1S/C30H31N5O3/c1-20-15-27(35(34-20)26-12-5-7-22(16-26)19-32-30(37)38)29(36)33-25-11-6-10-24(17-25)28(31-18-21-13-14-21)23-8-3-2-4-9-23/h2-12,15-17,21,28,31-32H,13-14,18-19H2,1H3,(H,33,36)(H,37,38). The molecule has 0 bridgehead atoms. The van der Waals surface area contributed by atoms with E-state index in [9.17, 15) is 9.59 Å². The Balaban J connectivity index is 1.37. The molecule has 1 atom stereocenters. The number of anilines is 1. The lowest BCUT2D eigenvalue weighted by Crippen LogP contribution is -2.25. The van der Waals surface area contributed by atoms with E-state index in [2.05, 4.69) is 39.2 Å². The number of hydrogen-bond donors (Lipinski definition) is 4. The van der Waals surface area contributed by atoms with Gasteiger partial charge in [0.15, 0.2) is 0 Å². The molecule has 0 radical (unpaired) electrons. The lowest BCUT2D eigenvalue weighted by atomic mass is 9.98. The number of amides is 2. The Bertz CT molecular complexity index is 1430. The summed E-state index contributed by atoms with van der Waals surface area (Å²) in [4.78, 5) is 24.3. The predicted octanol–water partition coefficient (Wildman–Crippen LogP) is 5.29. The summed E-state index contributed by atoms with van der Waals surface area (Å²) in [6, 6.07) is 27.4. The van der Waals surface area contributed by atoms with E-state index in [-0.39, 0.29) is 18.5 Å². The Labute approximate surface area is 221 Å². The molecule has 0 aliphatic heterocycles. The zero-order chi connectivity index (χ0) is 26.5. The first-order chi connectivity index (χ1) is 18.5. The lowest BCUT2D eigenvalue weighted by molar-refractivity contribution is 0.101. The van der Waals surface area contributed by atoms with E-state index in [1.165, 1.54) is 18.4 Å². The SMILES string of the molecule is Cc1cc(C(=O)Nc2cccc(C(NCC3CC3)c3ccccc3)c2)n(-c2cccc(CNC(=O)O)c2)n1. The average Bonchev–Trinajstić information content (AvgIpc) is 3.67. The van der Waals surface area contributed by atoms with E-state index in [1.807, 2.05) is 67.6 Å². The maximum Gasteiger partial charge on any atom is 0.404 e. The van der Waals surface area contributed by atoms with Crippen LogP contribution in [0.3, 0.4) is 0 Å². The third-order valence-electron chi connectivity index (χ3n) is 6.58. The Morgan fingerprint density at radius 1 is 0.974 bits per heavy atom. The summed E-state index contributed by atoms with van der Waals surface area (Å²) >= 11 is 0. The number of carboxylic acid groups (broad SMARTS) is 1. The van der Waals surface area contributed by atoms with Gasteiger partial charge >= 0.3 is 6.09 Å². The van der Waals surface area contributed by atoms with Crippen LogP contribution in [0.1, 0.15) is 51.8 Å². The maximum absolute atomic E-state index is 13.4. The molecule has 3 aromatic carbocycles. The van der Waals surface area contributed by atoms with Gasteiger partial charge in [0.1, 0.15) is 5.69 Å². The van der Waals surface area contributed by atoms with Crippen molar-refractivity contribution < 1.29 is 14.7 Å². The minimum Gasteiger partial charge on any atom is -0.465 e. The number of rotatable bonds is 10. The van der Waals surface area contributed by atoms with E-state index in [0.29, 0.717) is 22.8 Å². The summed E-state index contributed by atoms with van der Waals surface area (Å²) in [7, 11) is 0. The third kappa shape index (κ3) is 6.27. The smallest absolute Gasteiger partial charge is 0.404 e. The van der Waals surface area contributed by atoms with Crippen molar-refractivity contribution in [2.45, 2.75) is 32.4 Å². The number of aromatic nitrogens is 2. The lowest BCUT2D eigenvalue weighted by Gasteiger charge is -2.21. The Morgan fingerprint density at radius 2 is 1.74 bits per heavy atom. The van der Waals surface area contributed by atoms with E-state index >= 15 is 0 Å². The van der Waals surface area contributed by atoms with Gasteiger partial charge in [-0.3, -0.25) is 4.79 Å². The third-order valence-corrected chi connectivity index (χ3v) is 6.58. The summed E-state index contributed by atoms with van der Waals surface area (Å²) < 4.78 is 1.59. The van der Waals surface area contributed by atoms with Crippen molar-refractivity contribution in [1.82, 2.24) is 20.4 Å². The van der Waals surface area contributed by atoms with Gasteiger partial charge in [-0.25, -0.2) is 9.48 Å². The van der Waals surface area contributed by atoms with Gasteiger partial charge in [-0.15, -0.1) is 0 Å². The number of carbonyl (C=O) groups excluding carboxylic acids is 1. The molecule has 0 saturated heterocycles. The van der Waals surface area contributed by atoms with E-state index < -0.39 is 6.09 Å². The zero-order valence-corrected chi connectivity index (χ0v) is 21.2. The van der Waals surface area contributed by atoms with Gasteiger partial charge in [0, 0.05) is 12.2 Å². The van der Waals surface area contributed by atoms with Crippen LogP contribution in [0.15, 0.2) is 84.9 Å². The van der Waals surface area contributed by atoms with Crippen LogP contribution in [0.4, 0.5) is 10.5 Å². The zero-order valence-electron chi connectivity index (χ0n) is 21.2.